The van der Waals surface area contributed by atoms with E-state index < -0.39 is 10.2 Å². The van der Waals surface area contributed by atoms with Crippen molar-refractivity contribution in [3.8, 4) is 0 Å². The van der Waals surface area contributed by atoms with E-state index in [-0.39, 0.29) is 6.04 Å². The van der Waals surface area contributed by atoms with Crippen LogP contribution in [0.5, 0.6) is 0 Å². The van der Waals surface area contributed by atoms with Crippen LogP contribution in [0, 0.1) is 0 Å². The number of piperidine rings is 1. The predicted molar refractivity (Wildman–Crippen MR) is 51.4 cm³/mol. The van der Waals surface area contributed by atoms with Gasteiger partial charge in [0, 0.05) is 26.2 Å². The summed E-state index contributed by atoms with van der Waals surface area (Å²) in [5, 5.41) is 0. The van der Waals surface area contributed by atoms with E-state index in [1.807, 2.05) is 0 Å². The highest BCUT2D eigenvalue weighted by atomic mass is 32.2. The van der Waals surface area contributed by atoms with E-state index in [9.17, 15) is 8.42 Å². The molecule has 1 saturated heterocycles. The molecule has 0 saturated carbocycles. The lowest BCUT2D eigenvalue weighted by Gasteiger charge is -2.33. The number of nitrogens with one attached hydrogen (secondary N) is 1. The van der Waals surface area contributed by atoms with Gasteiger partial charge in [0.2, 0.25) is 0 Å². The number of hydrogen-bond donors (Lipinski definition) is 2. The Hall–Kier alpha value is -0.170. The number of rotatable bonds is 3. The van der Waals surface area contributed by atoms with Crippen molar-refractivity contribution in [2.75, 3.05) is 20.1 Å². The van der Waals surface area contributed by atoms with E-state index >= 15 is 0 Å². The Kier molecular flexibility index (Phi) is 3.66. The second-order valence-corrected chi connectivity index (χ2v) is 5.03. The van der Waals surface area contributed by atoms with Crippen LogP contribution in [0.1, 0.15) is 19.3 Å². The van der Waals surface area contributed by atoms with Gasteiger partial charge >= 0.3 is 0 Å². The lowest BCUT2D eigenvalue weighted by Crippen LogP contribution is -2.50. The van der Waals surface area contributed by atoms with Crippen molar-refractivity contribution >= 4 is 10.2 Å². The van der Waals surface area contributed by atoms with Gasteiger partial charge in [-0.3, -0.25) is 0 Å². The van der Waals surface area contributed by atoms with Crippen LogP contribution in [0.4, 0.5) is 0 Å². The zero-order valence-corrected chi connectivity index (χ0v) is 8.68. The Labute approximate surface area is 79.5 Å². The standard InChI is InChI=1S/C7H17N3O2S/c1-9-13(11,12)10-5-3-2-4-7(10)6-8/h7,9H,2-6,8H2,1H3. The normalized spacial score (nSPS) is 26.2. The molecule has 0 radical (unpaired) electrons. The van der Waals surface area contributed by atoms with Gasteiger partial charge in [0.15, 0.2) is 0 Å². The summed E-state index contributed by atoms with van der Waals surface area (Å²) in [4.78, 5) is 0. The minimum Gasteiger partial charge on any atom is -0.329 e. The SMILES string of the molecule is CNS(=O)(=O)N1CCCCC1CN. The van der Waals surface area contributed by atoms with Gasteiger partial charge in [0.1, 0.15) is 0 Å². The lowest BCUT2D eigenvalue weighted by molar-refractivity contribution is 0.255. The third kappa shape index (κ3) is 2.40. The van der Waals surface area contributed by atoms with Gasteiger partial charge in [-0.1, -0.05) is 6.42 Å². The Morgan fingerprint density at radius 1 is 1.54 bits per heavy atom. The zero-order valence-electron chi connectivity index (χ0n) is 7.86. The fraction of sp³-hybridized carbons (Fsp3) is 1.00. The first-order valence-corrected chi connectivity index (χ1v) is 5.96. The van der Waals surface area contributed by atoms with Crippen LogP contribution < -0.4 is 10.5 Å². The van der Waals surface area contributed by atoms with Crippen molar-refractivity contribution in [3.63, 3.8) is 0 Å². The molecule has 0 bridgehead atoms. The highest BCUT2D eigenvalue weighted by Crippen LogP contribution is 2.18. The largest absolute Gasteiger partial charge is 0.329 e. The van der Waals surface area contributed by atoms with Crippen molar-refractivity contribution in [2.24, 2.45) is 5.73 Å². The maximum absolute atomic E-state index is 11.5. The zero-order chi connectivity index (χ0) is 9.90. The van der Waals surface area contributed by atoms with Crippen LogP contribution in [-0.2, 0) is 10.2 Å². The van der Waals surface area contributed by atoms with Gasteiger partial charge in [-0.15, -0.1) is 0 Å². The van der Waals surface area contributed by atoms with Gasteiger partial charge in [-0.05, 0) is 12.8 Å². The summed E-state index contributed by atoms with van der Waals surface area (Å²) >= 11 is 0. The van der Waals surface area contributed by atoms with Crippen LogP contribution in [0.25, 0.3) is 0 Å². The highest BCUT2D eigenvalue weighted by molar-refractivity contribution is 7.87. The van der Waals surface area contributed by atoms with Gasteiger partial charge in [-0.2, -0.15) is 12.7 Å². The topological polar surface area (TPSA) is 75.4 Å². The molecule has 1 heterocycles. The minimum absolute atomic E-state index is 0.0220. The monoisotopic (exact) mass is 207 g/mol. The molecular formula is C7H17N3O2S. The fourth-order valence-corrected chi connectivity index (χ4v) is 2.83. The number of nitrogens with two attached hydrogens (primary N) is 1. The van der Waals surface area contributed by atoms with Crippen LogP contribution >= 0.6 is 0 Å². The smallest absolute Gasteiger partial charge is 0.279 e. The van der Waals surface area contributed by atoms with Gasteiger partial charge in [-0.25, -0.2) is 4.72 Å². The molecule has 5 nitrogen and oxygen atoms in total. The minimum atomic E-state index is -3.28. The van der Waals surface area contributed by atoms with Crippen LogP contribution in [0.15, 0.2) is 0 Å². The molecule has 1 rings (SSSR count). The molecular weight excluding hydrogens is 190 g/mol. The maximum Gasteiger partial charge on any atom is 0.279 e. The molecule has 1 atom stereocenters. The Bertz CT molecular complexity index is 252. The molecule has 0 spiro atoms. The Morgan fingerprint density at radius 3 is 2.77 bits per heavy atom. The molecule has 1 aliphatic rings. The van der Waals surface area contributed by atoms with E-state index in [4.69, 9.17) is 5.73 Å². The van der Waals surface area contributed by atoms with E-state index in [2.05, 4.69) is 4.72 Å². The first-order valence-electron chi connectivity index (χ1n) is 4.52. The molecule has 0 aliphatic carbocycles. The quantitative estimate of drug-likeness (QED) is 0.640. The average Bonchev–Trinajstić information content (AvgIpc) is 2.18. The summed E-state index contributed by atoms with van der Waals surface area (Å²) in [6, 6.07) is -0.0220. The predicted octanol–water partition coefficient (Wildman–Crippen LogP) is -0.736. The average molecular weight is 207 g/mol. The number of hydrogen-bond acceptors (Lipinski definition) is 3. The second kappa shape index (κ2) is 4.36. The third-order valence-electron chi connectivity index (χ3n) is 2.41. The van der Waals surface area contributed by atoms with E-state index in [0.717, 1.165) is 19.3 Å². The van der Waals surface area contributed by atoms with Gasteiger partial charge in [0.05, 0.1) is 0 Å². The molecule has 1 fully saturated rings. The van der Waals surface area contributed by atoms with E-state index in [1.165, 1.54) is 11.4 Å². The summed E-state index contributed by atoms with van der Waals surface area (Å²) < 4.78 is 26.8. The van der Waals surface area contributed by atoms with Crippen molar-refractivity contribution in [1.82, 2.24) is 9.03 Å². The molecule has 0 amide bonds. The van der Waals surface area contributed by atoms with Crippen LogP contribution in [0.3, 0.4) is 0 Å². The van der Waals surface area contributed by atoms with Crippen molar-refractivity contribution in [1.29, 1.82) is 0 Å². The molecule has 0 aromatic carbocycles. The van der Waals surface area contributed by atoms with E-state index in [1.54, 1.807) is 0 Å². The molecule has 6 heteroatoms. The van der Waals surface area contributed by atoms with Crippen molar-refractivity contribution in [2.45, 2.75) is 25.3 Å². The van der Waals surface area contributed by atoms with Gasteiger partial charge in [0.25, 0.3) is 10.2 Å². The Morgan fingerprint density at radius 2 is 2.23 bits per heavy atom. The molecule has 1 aliphatic heterocycles. The highest BCUT2D eigenvalue weighted by Gasteiger charge is 2.29. The summed E-state index contributed by atoms with van der Waals surface area (Å²) in [5.74, 6) is 0. The molecule has 78 valence electrons. The first kappa shape index (κ1) is 10.9. The Balaban J connectivity index is 2.75. The summed E-state index contributed by atoms with van der Waals surface area (Å²) in [7, 11) is -1.85. The third-order valence-corrected chi connectivity index (χ3v) is 4.03. The summed E-state index contributed by atoms with van der Waals surface area (Å²) in [6.45, 7) is 0.992. The lowest BCUT2D eigenvalue weighted by atomic mass is 10.1. The van der Waals surface area contributed by atoms with Crippen LogP contribution in [0.2, 0.25) is 0 Å². The fourth-order valence-electron chi connectivity index (χ4n) is 1.64. The molecule has 3 N–H and O–H groups in total. The molecule has 0 aromatic rings. The summed E-state index contributed by atoms with van der Waals surface area (Å²) in [6.07, 6.45) is 2.87. The second-order valence-electron chi connectivity index (χ2n) is 3.21. The maximum atomic E-state index is 11.5. The van der Waals surface area contributed by atoms with Crippen molar-refractivity contribution in [3.05, 3.63) is 0 Å². The number of nitrogens with zero attached hydrogens (tertiary/aromatic N) is 1. The molecule has 1 unspecified atom stereocenters. The van der Waals surface area contributed by atoms with E-state index in [0.29, 0.717) is 13.1 Å². The van der Waals surface area contributed by atoms with Crippen LogP contribution in [-0.4, -0.2) is 38.9 Å². The first-order chi connectivity index (χ1) is 6.11. The summed E-state index contributed by atoms with van der Waals surface area (Å²) in [5.41, 5.74) is 5.51. The van der Waals surface area contributed by atoms with Crippen molar-refractivity contribution < 1.29 is 8.42 Å². The van der Waals surface area contributed by atoms with Gasteiger partial charge < -0.3 is 5.73 Å². The molecule has 0 aromatic heterocycles. The molecule has 13 heavy (non-hydrogen) atoms.